The highest BCUT2D eigenvalue weighted by atomic mass is 19.1. The highest BCUT2D eigenvalue weighted by Crippen LogP contribution is 2.25. The Morgan fingerprint density at radius 3 is 2.29 bits per heavy atom. The number of hydrogen-bond acceptors (Lipinski definition) is 3. The van der Waals surface area contributed by atoms with Crippen LogP contribution in [0.2, 0.25) is 0 Å². The van der Waals surface area contributed by atoms with Crippen LogP contribution in [0, 0.1) is 11.6 Å². The fourth-order valence-corrected chi connectivity index (χ4v) is 2.57. The van der Waals surface area contributed by atoms with Crippen molar-refractivity contribution in [2.75, 3.05) is 5.32 Å². The predicted molar refractivity (Wildman–Crippen MR) is 103 cm³/mol. The minimum absolute atomic E-state index is 0.0418. The number of benzene rings is 3. The molecule has 3 aromatic carbocycles. The minimum Gasteiger partial charge on any atom is -0.475 e. The van der Waals surface area contributed by atoms with Crippen molar-refractivity contribution in [3.8, 4) is 0 Å². The smallest absolute Gasteiger partial charge is 0.377 e. The van der Waals surface area contributed by atoms with E-state index in [9.17, 15) is 18.4 Å². The maximum atomic E-state index is 13.7. The fourth-order valence-electron chi connectivity index (χ4n) is 2.57. The van der Waals surface area contributed by atoms with E-state index >= 15 is 0 Å². The average Bonchev–Trinajstić information content (AvgIpc) is 2.69. The lowest BCUT2D eigenvalue weighted by atomic mass is 10.0. The zero-order valence-corrected chi connectivity index (χ0v) is 14.5. The predicted octanol–water partition coefficient (Wildman–Crippen LogP) is 5.15. The summed E-state index contributed by atoms with van der Waals surface area (Å²) in [6, 6.07) is 16.2. The number of halogens is 2. The van der Waals surface area contributed by atoms with Gasteiger partial charge >= 0.3 is 5.97 Å². The molecule has 0 aliphatic rings. The highest BCUT2D eigenvalue weighted by Gasteiger charge is 2.19. The molecule has 0 unspecified atom stereocenters. The molecule has 0 amide bonds. The van der Waals surface area contributed by atoms with Crippen molar-refractivity contribution >= 4 is 35.3 Å². The molecule has 0 aliphatic heterocycles. The Balaban J connectivity index is 1.97. The lowest BCUT2D eigenvalue weighted by Gasteiger charge is -2.11. The largest absolute Gasteiger partial charge is 0.475 e. The van der Waals surface area contributed by atoms with Crippen LogP contribution >= 0.6 is 0 Å². The third-order valence-corrected chi connectivity index (χ3v) is 3.97. The van der Waals surface area contributed by atoms with Gasteiger partial charge in [-0.05, 0) is 48.0 Å². The number of carboxylic acids is 1. The number of rotatable bonds is 6. The van der Waals surface area contributed by atoms with Crippen LogP contribution < -0.4 is 5.32 Å². The molecule has 0 saturated carbocycles. The van der Waals surface area contributed by atoms with Crippen molar-refractivity contribution in [1.29, 1.82) is 0 Å². The number of aliphatic carboxylic acids is 1. The van der Waals surface area contributed by atoms with Crippen molar-refractivity contribution in [2.24, 2.45) is 0 Å². The first-order valence-corrected chi connectivity index (χ1v) is 8.31. The molecule has 0 bridgehead atoms. The number of carbonyl (C=O) groups excluding carboxylic acids is 1. The third-order valence-electron chi connectivity index (χ3n) is 3.97. The van der Waals surface area contributed by atoms with Crippen LogP contribution in [0.1, 0.15) is 21.5 Å². The van der Waals surface area contributed by atoms with E-state index in [0.717, 1.165) is 0 Å². The standard InChI is InChI=1S/C22H15F2NO3/c23-16-8-10-17(11-9-16)25-20-13-14(6-12-18(20)21(26)22(27)28)5-7-15-3-1-2-4-19(15)24/h1-13,25H,(H,27,28)/b7-5+. The van der Waals surface area contributed by atoms with E-state index in [4.69, 9.17) is 5.11 Å². The normalized spacial score (nSPS) is 10.8. The van der Waals surface area contributed by atoms with E-state index in [1.165, 1.54) is 36.4 Å². The molecule has 3 rings (SSSR count). The lowest BCUT2D eigenvalue weighted by Crippen LogP contribution is -2.14. The molecule has 2 N–H and O–H groups in total. The fraction of sp³-hybridized carbons (Fsp3) is 0. The molecule has 0 aromatic heterocycles. The number of ketones is 1. The molecular weight excluding hydrogens is 364 g/mol. The van der Waals surface area contributed by atoms with E-state index in [1.807, 2.05) is 0 Å². The van der Waals surface area contributed by atoms with E-state index in [0.29, 0.717) is 16.8 Å². The summed E-state index contributed by atoms with van der Waals surface area (Å²) in [5.74, 6) is -3.46. The Labute approximate surface area is 159 Å². The molecule has 0 aliphatic carbocycles. The first-order valence-electron chi connectivity index (χ1n) is 8.31. The van der Waals surface area contributed by atoms with Gasteiger partial charge in [0.15, 0.2) is 0 Å². The number of Topliss-reactive ketones (excluding diaryl/α,β-unsaturated/α-hetero) is 1. The van der Waals surface area contributed by atoms with Crippen LogP contribution in [0.15, 0.2) is 66.7 Å². The van der Waals surface area contributed by atoms with Crippen LogP contribution in [0.25, 0.3) is 12.2 Å². The molecule has 0 atom stereocenters. The van der Waals surface area contributed by atoms with Gasteiger partial charge in [0.25, 0.3) is 5.78 Å². The quantitative estimate of drug-likeness (QED) is 0.353. The molecular formula is C22H15F2NO3. The molecule has 0 spiro atoms. The summed E-state index contributed by atoms with van der Waals surface area (Å²) in [6.07, 6.45) is 3.22. The molecule has 28 heavy (non-hydrogen) atoms. The Morgan fingerprint density at radius 2 is 1.61 bits per heavy atom. The van der Waals surface area contributed by atoms with Gasteiger partial charge in [-0.15, -0.1) is 0 Å². The van der Waals surface area contributed by atoms with E-state index < -0.39 is 17.6 Å². The molecule has 0 saturated heterocycles. The van der Waals surface area contributed by atoms with Crippen LogP contribution in [-0.4, -0.2) is 16.9 Å². The third kappa shape index (κ3) is 4.48. The van der Waals surface area contributed by atoms with Crippen LogP contribution in [0.3, 0.4) is 0 Å². The second-order valence-corrected chi connectivity index (χ2v) is 5.93. The Morgan fingerprint density at radius 1 is 0.893 bits per heavy atom. The maximum Gasteiger partial charge on any atom is 0.377 e. The van der Waals surface area contributed by atoms with Crippen molar-refractivity contribution < 1.29 is 23.5 Å². The van der Waals surface area contributed by atoms with E-state index in [1.54, 1.807) is 42.5 Å². The highest BCUT2D eigenvalue weighted by molar-refractivity contribution is 6.41. The summed E-state index contributed by atoms with van der Waals surface area (Å²) >= 11 is 0. The second kappa shape index (κ2) is 8.26. The molecule has 0 heterocycles. The summed E-state index contributed by atoms with van der Waals surface area (Å²) < 4.78 is 26.8. The number of anilines is 2. The molecule has 4 nitrogen and oxygen atoms in total. The Bertz CT molecular complexity index is 1060. The monoisotopic (exact) mass is 379 g/mol. The lowest BCUT2D eigenvalue weighted by molar-refractivity contribution is -0.131. The van der Waals surface area contributed by atoms with Gasteiger partial charge in [0.05, 0.1) is 11.3 Å². The first-order chi connectivity index (χ1) is 13.4. The summed E-state index contributed by atoms with van der Waals surface area (Å²) in [5.41, 5.74) is 1.70. The van der Waals surface area contributed by atoms with Gasteiger partial charge in [0.2, 0.25) is 0 Å². The molecule has 6 heteroatoms. The SMILES string of the molecule is O=C(O)C(=O)c1ccc(/C=C/c2ccccc2F)cc1Nc1ccc(F)cc1. The number of hydrogen-bond donors (Lipinski definition) is 2. The Kier molecular flexibility index (Phi) is 5.60. The molecule has 0 radical (unpaired) electrons. The number of carboxylic acid groups (broad SMARTS) is 1. The first kappa shape index (κ1) is 19.0. The van der Waals surface area contributed by atoms with Gasteiger partial charge < -0.3 is 10.4 Å². The average molecular weight is 379 g/mol. The summed E-state index contributed by atoms with van der Waals surface area (Å²) in [4.78, 5) is 23.1. The summed E-state index contributed by atoms with van der Waals surface area (Å²) in [5, 5.41) is 12.0. The zero-order valence-electron chi connectivity index (χ0n) is 14.5. The topological polar surface area (TPSA) is 66.4 Å². The molecule has 3 aromatic rings. The van der Waals surface area contributed by atoms with Gasteiger partial charge in [-0.25, -0.2) is 13.6 Å². The van der Waals surface area contributed by atoms with Gasteiger partial charge in [-0.2, -0.15) is 0 Å². The maximum absolute atomic E-state index is 13.7. The van der Waals surface area contributed by atoms with Gasteiger partial charge in [-0.3, -0.25) is 4.79 Å². The van der Waals surface area contributed by atoms with Crippen molar-refractivity contribution in [3.63, 3.8) is 0 Å². The summed E-state index contributed by atoms with van der Waals surface area (Å²) in [6.45, 7) is 0. The van der Waals surface area contributed by atoms with E-state index in [-0.39, 0.29) is 17.1 Å². The van der Waals surface area contributed by atoms with Crippen LogP contribution in [-0.2, 0) is 4.79 Å². The van der Waals surface area contributed by atoms with Crippen molar-refractivity contribution in [3.05, 3.63) is 95.1 Å². The van der Waals surface area contributed by atoms with Gasteiger partial charge in [0.1, 0.15) is 11.6 Å². The summed E-state index contributed by atoms with van der Waals surface area (Å²) in [7, 11) is 0. The molecule has 140 valence electrons. The van der Waals surface area contributed by atoms with Crippen LogP contribution in [0.5, 0.6) is 0 Å². The minimum atomic E-state index is -1.59. The zero-order chi connectivity index (χ0) is 20.1. The van der Waals surface area contributed by atoms with E-state index in [2.05, 4.69) is 5.32 Å². The van der Waals surface area contributed by atoms with Gasteiger partial charge in [-0.1, -0.05) is 36.4 Å². The van der Waals surface area contributed by atoms with Crippen molar-refractivity contribution in [2.45, 2.75) is 0 Å². The van der Waals surface area contributed by atoms with Crippen molar-refractivity contribution in [1.82, 2.24) is 0 Å². The second-order valence-electron chi connectivity index (χ2n) is 5.93. The Hall–Kier alpha value is -3.80. The number of carbonyl (C=O) groups is 2. The van der Waals surface area contributed by atoms with Crippen LogP contribution in [0.4, 0.5) is 20.2 Å². The molecule has 0 fully saturated rings. The van der Waals surface area contributed by atoms with Gasteiger partial charge in [0, 0.05) is 11.3 Å². The number of nitrogens with one attached hydrogen (secondary N) is 1.